The Morgan fingerprint density at radius 1 is 0.797 bits per heavy atom. The number of carbonyl (C=O) groups is 7. The summed E-state index contributed by atoms with van der Waals surface area (Å²) in [5.74, 6) is -6.39. The molecule has 2 aliphatic heterocycles. The summed E-state index contributed by atoms with van der Waals surface area (Å²) in [6.45, 7) is 5.63. The Balaban J connectivity index is 1.33. The number of aliphatic hydroxyl groups is 1. The summed E-state index contributed by atoms with van der Waals surface area (Å²) < 4.78 is 5.90. The van der Waals surface area contributed by atoms with E-state index in [1.54, 1.807) is 86.3 Å². The summed E-state index contributed by atoms with van der Waals surface area (Å²) in [5, 5.41) is 28.1. The lowest BCUT2D eigenvalue weighted by molar-refractivity contribution is -0.146. The quantitative estimate of drug-likeness (QED) is 0.126. The Labute approximate surface area is 343 Å². The van der Waals surface area contributed by atoms with E-state index in [9.17, 15) is 43.8 Å². The van der Waals surface area contributed by atoms with Crippen LogP contribution < -0.4 is 16.0 Å². The van der Waals surface area contributed by atoms with Crippen molar-refractivity contribution in [2.75, 3.05) is 13.1 Å². The second-order valence-electron chi connectivity index (χ2n) is 15.4. The maximum Gasteiger partial charge on any atom is 0.410 e. The average Bonchev–Trinajstić information content (AvgIpc) is 3.66. The minimum Gasteiger partial charge on any atom is -0.480 e. The fourth-order valence-electron chi connectivity index (χ4n) is 7.38. The number of ether oxygens (including phenoxy) is 1. The maximum absolute atomic E-state index is 14.4. The highest BCUT2D eigenvalue weighted by atomic mass is 16.6. The van der Waals surface area contributed by atoms with Gasteiger partial charge in [-0.3, -0.25) is 24.0 Å². The summed E-state index contributed by atoms with van der Waals surface area (Å²) in [7, 11) is 0. The van der Waals surface area contributed by atoms with Gasteiger partial charge in [-0.15, -0.1) is 0 Å². The number of amides is 5. The molecule has 1 saturated heterocycles. The van der Waals surface area contributed by atoms with E-state index in [1.807, 2.05) is 24.3 Å². The van der Waals surface area contributed by atoms with Gasteiger partial charge in [0.05, 0.1) is 12.6 Å². The molecule has 0 bridgehead atoms. The van der Waals surface area contributed by atoms with Gasteiger partial charge in [0.25, 0.3) is 5.91 Å². The van der Waals surface area contributed by atoms with Crippen molar-refractivity contribution in [3.8, 4) is 0 Å². The van der Waals surface area contributed by atoms with Crippen LogP contribution >= 0.6 is 0 Å². The molecule has 59 heavy (non-hydrogen) atoms. The number of hydrogen-bond donors (Lipinski definition) is 5. The normalized spacial score (nSPS) is 18.1. The van der Waals surface area contributed by atoms with Crippen LogP contribution in [0.4, 0.5) is 4.79 Å². The molecule has 15 heteroatoms. The van der Waals surface area contributed by atoms with Crippen molar-refractivity contribution in [3.05, 3.63) is 107 Å². The Morgan fingerprint density at radius 2 is 1.41 bits per heavy atom. The number of aliphatic hydroxyl groups excluding tert-OH is 1. The molecule has 0 aliphatic carbocycles. The average molecular weight is 812 g/mol. The number of ketones is 1. The second kappa shape index (κ2) is 20.6. The van der Waals surface area contributed by atoms with Crippen molar-refractivity contribution >= 4 is 41.5 Å². The number of benzene rings is 3. The van der Waals surface area contributed by atoms with Gasteiger partial charge in [-0.2, -0.15) is 0 Å². The van der Waals surface area contributed by atoms with E-state index in [1.165, 1.54) is 4.90 Å². The predicted molar refractivity (Wildman–Crippen MR) is 215 cm³/mol. The molecule has 0 aromatic heterocycles. The van der Waals surface area contributed by atoms with Gasteiger partial charge in [-0.05, 0) is 41.0 Å². The Morgan fingerprint density at radius 3 is 2.02 bits per heavy atom. The van der Waals surface area contributed by atoms with Crippen molar-refractivity contribution in [1.82, 2.24) is 25.8 Å². The zero-order valence-corrected chi connectivity index (χ0v) is 33.5. The number of rotatable bonds is 17. The van der Waals surface area contributed by atoms with Crippen molar-refractivity contribution in [1.29, 1.82) is 0 Å². The van der Waals surface area contributed by atoms with Crippen LogP contribution in [0.3, 0.4) is 0 Å². The molecule has 1 unspecified atom stereocenters. The van der Waals surface area contributed by atoms with Crippen molar-refractivity contribution in [2.24, 2.45) is 5.92 Å². The molecule has 6 atom stereocenters. The number of nitrogens with zero attached hydrogens (tertiary/aromatic N) is 2. The second-order valence-corrected chi connectivity index (χ2v) is 15.4. The van der Waals surface area contributed by atoms with Gasteiger partial charge in [-0.25, -0.2) is 9.59 Å². The third-order valence-corrected chi connectivity index (χ3v) is 10.6. The van der Waals surface area contributed by atoms with Crippen molar-refractivity contribution in [2.45, 2.75) is 102 Å². The molecule has 0 radical (unpaired) electrons. The lowest BCUT2D eigenvalue weighted by Gasteiger charge is -2.31. The molecule has 5 N–H and O–H groups in total. The monoisotopic (exact) mass is 811 g/mol. The highest BCUT2D eigenvalue weighted by molar-refractivity contribution is 6.38. The highest BCUT2D eigenvalue weighted by Gasteiger charge is 2.46. The van der Waals surface area contributed by atoms with Crippen LogP contribution in [0.1, 0.15) is 62.3 Å². The van der Waals surface area contributed by atoms with Gasteiger partial charge >= 0.3 is 12.1 Å². The van der Waals surface area contributed by atoms with Crippen LogP contribution in [-0.4, -0.2) is 111 Å². The van der Waals surface area contributed by atoms with Crippen LogP contribution in [0.15, 0.2) is 84.9 Å². The number of Topliss-reactive ketones (excluding diaryl/α,β-unsaturated/α-hetero) is 1. The lowest BCUT2D eigenvalue weighted by Crippen LogP contribution is -2.58. The molecule has 15 nitrogen and oxygen atoms in total. The molecular weight excluding hydrogens is 759 g/mol. The summed E-state index contributed by atoms with van der Waals surface area (Å²) in [4.78, 5) is 96.9. The van der Waals surface area contributed by atoms with E-state index in [0.29, 0.717) is 37.1 Å². The minimum absolute atomic E-state index is 0.000680. The number of aliphatic carboxylic acids is 1. The summed E-state index contributed by atoms with van der Waals surface area (Å²) in [6, 6.07) is 19.9. The third kappa shape index (κ3) is 11.7. The van der Waals surface area contributed by atoms with E-state index < -0.39 is 83.8 Å². The molecule has 3 aromatic carbocycles. The van der Waals surface area contributed by atoms with Crippen molar-refractivity contribution < 1.29 is 48.5 Å². The fourth-order valence-corrected chi connectivity index (χ4v) is 7.38. The Kier molecular flexibility index (Phi) is 15.3. The number of hydrogen-bond acceptors (Lipinski definition) is 9. The van der Waals surface area contributed by atoms with Crippen LogP contribution in [0.2, 0.25) is 0 Å². The minimum atomic E-state index is -1.48. The molecule has 0 spiro atoms. The maximum atomic E-state index is 14.4. The van der Waals surface area contributed by atoms with E-state index >= 15 is 0 Å². The number of carboxylic acids is 1. The molecule has 2 heterocycles. The zero-order chi connectivity index (χ0) is 42.6. The number of carboxylic acid groups (broad SMARTS) is 1. The molecule has 5 rings (SSSR count). The van der Waals surface area contributed by atoms with Crippen LogP contribution in [0, 0.1) is 5.92 Å². The number of carbonyl (C=O) groups excluding carboxylic acids is 6. The largest absolute Gasteiger partial charge is 0.480 e. The first-order valence-corrected chi connectivity index (χ1v) is 20.0. The summed E-state index contributed by atoms with van der Waals surface area (Å²) in [5.41, 5.74) is 3.44. The van der Waals surface area contributed by atoms with E-state index in [0.717, 1.165) is 11.1 Å². The molecule has 3 aromatic rings. The first-order chi connectivity index (χ1) is 28.2. The zero-order valence-electron chi connectivity index (χ0n) is 33.5. The van der Waals surface area contributed by atoms with Gasteiger partial charge < -0.3 is 40.7 Å². The topological polar surface area (TPSA) is 212 Å². The molecule has 2 aliphatic rings. The lowest BCUT2D eigenvalue weighted by atomic mass is 10.0. The van der Waals surface area contributed by atoms with E-state index in [4.69, 9.17) is 4.74 Å². The van der Waals surface area contributed by atoms with E-state index in [2.05, 4.69) is 16.0 Å². The molecule has 1 fully saturated rings. The van der Waals surface area contributed by atoms with Gasteiger partial charge in [0.1, 0.15) is 30.3 Å². The van der Waals surface area contributed by atoms with Crippen LogP contribution in [-0.2, 0) is 59.3 Å². The molecule has 0 saturated carbocycles. The predicted octanol–water partition coefficient (Wildman–Crippen LogP) is 2.56. The first kappa shape index (κ1) is 44.0. The summed E-state index contributed by atoms with van der Waals surface area (Å²) in [6.07, 6.45) is -2.30. The molecular formula is C44H53N5O10. The number of likely N-dealkylation sites (tertiary alicyclic amines) is 1. The van der Waals surface area contributed by atoms with Gasteiger partial charge in [0.15, 0.2) is 0 Å². The number of nitrogens with one attached hydrogen (secondary N) is 3. The van der Waals surface area contributed by atoms with Gasteiger partial charge in [-0.1, -0.05) is 112 Å². The SMILES string of the molecule is CCCC(NC(=O)[C@@H]1C[C@@H](OC(=O)N2CCc3ccccc3C2)CN1C(=O)[C@@H](NC(=O)[C@@H](O)Cc1ccccc1)C(C)C)C(=O)C(=O)N[C@@H](Cc1ccccc1)C(=O)O. The Hall–Kier alpha value is -6.09. The van der Waals surface area contributed by atoms with Gasteiger partial charge in [0, 0.05) is 32.4 Å². The molecule has 5 amide bonds. The third-order valence-electron chi connectivity index (χ3n) is 10.6. The van der Waals surface area contributed by atoms with Crippen LogP contribution in [0.5, 0.6) is 0 Å². The number of fused-ring (bicyclic) bond motifs is 1. The highest BCUT2D eigenvalue weighted by Crippen LogP contribution is 2.26. The standard InChI is InChI=1S/C44H53N5O10/c1-4-13-33(38(51)41(54)46-34(43(56)57)22-28-14-7-5-8-15-28)45-39(52)35-24-32(59-44(58)48-21-20-30-18-11-12-19-31(30)25-48)26-49(35)42(55)37(27(2)3)47-40(53)36(50)23-29-16-9-6-10-17-29/h5-12,14-19,27,32-37,50H,4,13,20-26H2,1-3H3,(H,45,52)(H,46,54)(H,47,53)(H,56,57)/t32-,33?,34+,35+,36+,37+/m1/s1. The van der Waals surface area contributed by atoms with E-state index in [-0.39, 0.29) is 32.2 Å². The fraction of sp³-hybridized carbons (Fsp3) is 0.432. The summed E-state index contributed by atoms with van der Waals surface area (Å²) >= 11 is 0. The molecule has 314 valence electrons. The first-order valence-electron chi connectivity index (χ1n) is 20.0. The smallest absolute Gasteiger partial charge is 0.410 e. The van der Waals surface area contributed by atoms with Crippen LogP contribution in [0.25, 0.3) is 0 Å². The Bertz CT molecular complexity index is 1980. The van der Waals surface area contributed by atoms with Gasteiger partial charge in [0.2, 0.25) is 23.5 Å². The van der Waals surface area contributed by atoms with Crippen molar-refractivity contribution in [3.63, 3.8) is 0 Å².